The molecule has 7 heteroatoms. The number of nitrogens with one attached hydrogen (secondary N) is 1. The SMILES string of the molecule is COc1ccc2c(c1)CCc1nc(NC(=O)Cc3ccc(F)c(F)c3)c(/C=C/c3ccccc3)nc1-2. The van der Waals surface area contributed by atoms with Crippen LogP contribution in [-0.2, 0) is 24.1 Å². The van der Waals surface area contributed by atoms with E-state index in [4.69, 9.17) is 14.7 Å². The average Bonchev–Trinajstić information content (AvgIpc) is 2.89. The van der Waals surface area contributed by atoms with E-state index in [0.717, 1.165) is 52.4 Å². The van der Waals surface area contributed by atoms with E-state index >= 15 is 0 Å². The van der Waals surface area contributed by atoms with Gasteiger partial charge in [0.2, 0.25) is 5.91 Å². The highest BCUT2D eigenvalue weighted by Gasteiger charge is 2.22. The highest BCUT2D eigenvalue weighted by atomic mass is 19.2. The zero-order valence-electron chi connectivity index (χ0n) is 19.6. The summed E-state index contributed by atoms with van der Waals surface area (Å²) >= 11 is 0. The first-order chi connectivity index (χ1) is 17.5. The van der Waals surface area contributed by atoms with Gasteiger partial charge in [-0.3, -0.25) is 4.79 Å². The minimum absolute atomic E-state index is 0.125. The number of carbonyl (C=O) groups is 1. The topological polar surface area (TPSA) is 64.1 Å². The number of aromatic nitrogens is 2. The van der Waals surface area contributed by atoms with Crippen molar-refractivity contribution in [2.45, 2.75) is 19.3 Å². The van der Waals surface area contributed by atoms with Crippen molar-refractivity contribution in [1.82, 2.24) is 9.97 Å². The number of halogens is 2. The van der Waals surface area contributed by atoms with Gasteiger partial charge in [0, 0.05) is 5.56 Å². The number of hydrogen-bond acceptors (Lipinski definition) is 4. The Morgan fingerprint density at radius 3 is 2.58 bits per heavy atom. The van der Waals surface area contributed by atoms with Crippen LogP contribution in [0.4, 0.5) is 14.6 Å². The lowest BCUT2D eigenvalue weighted by atomic mass is 9.91. The van der Waals surface area contributed by atoms with Gasteiger partial charge in [-0.15, -0.1) is 0 Å². The van der Waals surface area contributed by atoms with Gasteiger partial charge in [-0.05, 0) is 65.9 Å². The third-order valence-corrected chi connectivity index (χ3v) is 6.03. The first-order valence-corrected chi connectivity index (χ1v) is 11.6. The smallest absolute Gasteiger partial charge is 0.230 e. The van der Waals surface area contributed by atoms with Gasteiger partial charge in [-0.2, -0.15) is 0 Å². The molecule has 5 nitrogen and oxygen atoms in total. The normalized spacial score (nSPS) is 12.2. The highest BCUT2D eigenvalue weighted by molar-refractivity contribution is 5.94. The number of fused-ring (bicyclic) bond motifs is 3. The van der Waals surface area contributed by atoms with Crippen molar-refractivity contribution >= 4 is 23.9 Å². The van der Waals surface area contributed by atoms with E-state index in [9.17, 15) is 13.6 Å². The van der Waals surface area contributed by atoms with Crippen LogP contribution in [0.15, 0.2) is 66.7 Å². The molecule has 0 fully saturated rings. The second-order valence-corrected chi connectivity index (χ2v) is 8.49. The largest absolute Gasteiger partial charge is 0.497 e. The van der Waals surface area contributed by atoms with Crippen molar-refractivity contribution in [3.8, 4) is 17.0 Å². The number of rotatable bonds is 6. The minimum atomic E-state index is -0.990. The molecule has 1 heterocycles. The summed E-state index contributed by atoms with van der Waals surface area (Å²) in [5.74, 6) is -1.23. The van der Waals surface area contributed by atoms with Gasteiger partial charge in [0.25, 0.3) is 0 Å². The Bertz CT molecular complexity index is 1470. The first kappa shape index (κ1) is 23.4. The van der Waals surface area contributed by atoms with Gasteiger partial charge in [0.1, 0.15) is 11.4 Å². The maximum Gasteiger partial charge on any atom is 0.230 e. The molecule has 0 saturated carbocycles. The molecule has 0 unspecified atom stereocenters. The molecule has 0 atom stereocenters. The van der Waals surface area contributed by atoms with Crippen molar-refractivity contribution in [2.24, 2.45) is 0 Å². The number of ether oxygens (including phenoxy) is 1. The number of amides is 1. The van der Waals surface area contributed by atoms with Crippen molar-refractivity contribution in [3.05, 3.63) is 106 Å². The summed E-state index contributed by atoms with van der Waals surface area (Å²) in [5.41, 5.74) is 5.50. The molecule has 0 saturated heterocycles. The van der Waals surface area contributed by atoms with Gasteiger partial charge in [0.05, 0.1) is 24.9 Å². The number of aryl methyl sites for hydroxylation is 2. The predicted molar refractivity (Wildman–Crippen MR) is 135 cm³/mol. The van der Waals surface area contributed by atoms with Crippen LogP contribution in [0.3, 0.4) is 0 Å². The van der Waals surface area contributed by atoms with Crippen molar-refractivity contribution < 1.29 is 18.3 Å². The Balaban J connectivity index is 1.50. The monoisotopic (exact) mass is 483 g/mol. The molecular weight excluding hydrogens is 460 g/mol. The lowest BCUT2D eigenvalue weighted by Crippen LogP contribution is -2.19. The lowest BCUT2D eigenvalue weighted by Gasteiger charge is -2.21. The second-order valence-electron chi connectivity index (χ2n) is 8.49. The maximum absolute atomic E-state index is 13.6. The summed E-state index contributed by atoms with van der Waals surface area (Å²) in [6.07, 6.45) is 5.03. The fourth-order valence-electron chi connectivity index (χ4n) is 4.22. The minimum Gasteiger partial charge on any atom is -0.497 e. The zero-order valence-corrected chi connectivity index (χ0v) is 19.6. The van der Waals surface area contributed by atoms with Crippen molar-refractivity contribution in [2.75, 3.05) is 12.4 Å². The molecule has 1 aliphatic carbocycles. The molecule has 5 rings (SSSR count). The zero-order chi connectivity index (χ0) is 25.1. The number of methoxy groups -OCH3 is 1. The molecule has 0 radical (unpaired) electrons. The van der Waals surface area contributed by atoms with Crippen LogP contribution in [0.5, 0.6) is 5.75 Å². The fourth-order valence-corrected chi connectivity index (χ4v) is 4.22. The molecule has 180 valence electrons. The highest BCUT2D eigenvalue weighted by Crippen LogP contribution is 2.35. The van der Waals surface area contributed by atoms with Crippen LogP contribution >= 0.6 is 0 Å². The van der Waals surface area contributed by atoms with E-state index < -0.39 is 17.5 Å². The van der Waals surface area contributed by atoms with Crippen molar-refractivity contribution in [3.63, 3.8) is 0 Å². The molecule has 1 aromatic heterocycles. The van der Waals surface area contributed by atoms with Crippen LogP contribution in [0.1, 0.15) is 28.1 Å². The molecular formula is C29H23F2N3O2. The van der Waals surface area contributed by atoms with E-state index in [-0.39, 0.29) is 6.42 Å². The Hall–Kier alpha value is -4.39. The molecule has 36 heavy (non-hydrogen) atoms. The number of carbonyl (C=O) groups excluding carboxylic acids is 1. The van der Waals surface area contributed by atoms with E-state index in [1.807, 2.05) is 60.7 Å². The predicted octanol–water partition coefficient (Wildman–Crippen LogP) is 5.88. The summed E-state index contributed by atoms with van der Waals surface area (Å²) in [6.45, 7) is 0. The average molecular weight is 484 g/mol. The van der Waals surface area contributed by atoms with E-state index in [1.165, 1.54) is 6.07 Å². The standard InChI is InChI=1S/C29H23F2N3O2/c1-36-21-10-11-22-20(17-21)9-14-25-28(22)32-26(13-8-18-5-3-2-4-6-18)29(33-25)34-27(35)16-19-7-12-23(30)24(31)15-19/h2-8,10-13,15,17H,9,14,16H2,1H3,(H,33,34,35)/b13-8+. The summed E-state index contributed by atoms with van der Waals surface area (Å²) in [7, 11) is 1.64. The molecule has 4 aromatic rings. The van der Waals surface area contributed by atoms with Crippen LogP contribution in [0.2, 0.25) is 0 Å². The van der Waals surface area contributed by atoms with Gasteiger partial charge >= 0.3 is 0 Å². The van der Waals surface area contributed by atoms with Gasteiger partial charge in [0.15, 0.2) is 17.5 Å². The molecule has 1 aliphatic rings. The molecule has 0 aliphatic heterocycles. The Labute approximate surface area is 207 Å². The summed E-state index contributed by atoms with van der Waals surface area (Å²) < 4.78 is 32.2. The van der Waals surface area contributed by atoms with Gasteiger partial charge < -0.3 is 10.1 Å². The van der Waals surface area contributed by atoms with Crippen molar-refractivity contribution in [1.29, 1.82) is 0 Å². The van der Waals surface area contributed by atoms with Gasteiger partial charge in [-0.1, -0.05) is 42.5 Å². The lowest BCUT2D eigenvalue weighted by molar-refractivity contribution is -0.115. The molecule has 3 aromatic carbocycles. The Morgan fingerprint density at radius 2 is 1.81 bits per heavy atom. The third-order valence-electron chi connectivity index (χ3n) is 6.03. The second kappa shape index (κ2) is 10.1. The van der Waals surface area contributed by atoms with E-state index in [1.54, 1.807) is 7.11 Å². The Morgan fingerprint density at radius 1 is 0.972 bits per heavy atom. The summed E-state index contributed by atoms with van der Waals surface area (Å²) in [4.78, 5) is 22.5. The van der Waals surface area contributed by atoms with Crippen LogP contribution < -0.4 is 10.1 Å². The fraction of sp³-hybridized carbons (Fsp3) is 0.138. The first-order valence-electron chi connectivity index (χ1n) is 11.6. The van der Waals surface area contributed by atoms with E-state index in [2.05, 4.69) is 5.32 Å². The number of anilines is 1. The third kappa shape index (κ3) is 5.00. The number of benzene rings is 3. The van der Waals surface area contributed by atoms with Gasteiger partial charge in [-0.25, -0.2) is 18.7 Å². The quantitative estimate of drug-likeness (QED) is 0.372. The number of hydrogen-bond donors (Lipinski definition) is 1. The summed E-state index contributed by atoms with van der Waals surface area (Å²) in [6, 6.07) is 19.0. The van der Waals surface area contributed by atoms with Crippen LogP contribution in [0.25, 0.3) is 23.4 Å². The Kier molecular flexibility index (Phi) is 6.54. The molecule has 0 bridgehead atoms. The molecule has 1 amide bonds. The van der Waals surface area contributed by atoms with Crippen LogP contribution in [-0.4, -0.2) is 23.0 Å². The molecule has 1 N–H and O–H groups in total. The summed E-state index contributed by atoms with van der Waals surface area (Å²) in [5, 5.41) is 2.82. The maximum atomic E-state index is 13.6. The number of nitrogens with zero attached hydrogens (tertiary/aromatic N) is 2. The molecule has 0 spiro atoms. The van der Waals surface area contributed by atoms with E-state index in [0.29, 0.717) is 23.5 Å². The van der Waals surface area contributed by atoms with Crippen LogP contribution in [0, 0.1) is 11.6 Å².